The first kappa shape index (κ1) is 13.9. The lowest BCUT2D eigenvalue weighted by Gasteiger charge is -2.15. The Morgan fingerprint density at radius 3 is 2.50 bits per heavy atom. The Labute approximate surface area is 126 Å². The Balaban J connectivity index is 2.23. The van der Waals surface area contributed by atoms with Crippen LogP contribution in [0.1, 0.15) is 17.0 Å². The van der Waals surface area contributed by atoms with Crippen LogP contribution in [0.2, 0.25) is 5.02 Å². The van der Waals surface area contributed by atoms with Crippen LogP contribution < -0.4 is 0 Å². The highest BCUT2D eigenvalue weighted by atomic mass is 79.9. The van der Waals surface area contributed by atoms with Crippen molar-refractivity contribution in [2.45, 2.75) is 12.3 Å². The number of rotatable bonds is 4. The van der Waals surface area contributed by atoms with Crippen LogP contribution in [0, 0.1) is 0 Å². The van der Waals surface area contributed by atoms with E-state index in [9.17, 15) is 0 Å². The van der Waals surface area contributed by atoms with Gasteiger partial charge in [-0.25, -0.2) is 0 Å². The van der Waals surface area contributed by atoms with Crippen LogP contribution in [0.4, 0.5) is 0 Å². The molecule has 0 heterocycles. The second-order valence-electron chi connectivity index (χ2n) is 4.20. The molecule has 2 aromatic carbocycles. The largest absolute Gasteiger partial charge is 0.126 e. The summed E-state index contributed by atoms with van der Waals surface area (Å²) in [5, 5.41) is 0.759. The summed E-state index contributed by atoms with van der Waals surface area (Å²) in [7, 11) is 0. The summed E-state index contributed by atoms with van der Waals surface area (Å²) < 4.78 is 1.13. The summed E-state index contributed by atoms with van der Waals surface area (Å²) in [5.41, 5.74) is 2.45. The molecule has 0 N–H and O–H groups in total. The van der Waals surface area contributed by atoms with E-state index < -0.39 is 0 Å². The SMILES string of the molecule is ClCC(Cc1ccccc1Br)c1cccc(Cl)c1. The first-order valence-corrected chi connectivity index (χ1v) is 7.46. The molecule has 0 spiro atoms. The lowest BCUT2D eigenvalue weighted by Crippen LogP contribution is -2.05. The van der Waals surface area contributed by atoms with E-state index in [-0.39, 0.29) is 5.92 Å². The highest BCUT2D eigenvalue weighted by Crippen LogP contribution is 2.27. The minimum Gasteiger partial charge on any atom is -0.126 e. The van der Waals surface area contributed by atoms with E-state index in [1.807, 2.05) is 30.3 Å². The molecule has 2 rings (SSSR count). The van der Waals surface area contributed by atoms with Gasteiger partial charge in [0.2, 0.25) is 0 Å². The fraction of sp³-hybridized carbons (Fsp3) is 0.200. The summed E-state index contributed by atoms with van der Waals surface area (Å²) >= 11 is 15.7. The maximum atomic E-state index is 6.10. The van der Waals surface area contributed by atoms with Crippen molar-refractivity contribution in [2.24, 2.45) is 0 Å². The minimum absolute atomic E-state index is 0.282. The Morgan fingerprint density at radius 1 is 1.06 bits per heavy atom. The van der Waals surface area contributed by atoms with E-state index in [1.165, 1.54) is 11.1 Å². The lowest BCUT2D eigenvalue weighted by molar-refractivity contribution is 0.764. The first-order valence-electron chi connectivity index (χ1n) is 5.75. The highest BCUT2D eigenvalue weighted by molar-refractivity contribution is 9.10. The van der Waals surface area contributed by atoms with Crippen molar-refractivity contribution in [3.63, 3.8) is 0 Å². The van der Waals surface area contributed by atoms with Gasteiger partial charge in [0.1, 0.15) is 0 Å². The summed E-state index contributed by atoms with van der Waals surface area (Å²) in [4.78, 5) is 0. The van der Waals surface area contributed by atoms with Gasteiger partial charge in [-0.1, -0.05) is 57.9 Å². The average Bonchev–Trinajstić information content (AvgIpc) is 2.38. The number of halogens is 3. The quantitative estimate of drug-likeness (QED) is 0.627. The predicted octanol–water partition coefficient (Wildman–Crippen LogP) is 5.67. The predicted molar refractivity (Wildman–Crippen MR) is 82.8 cm³/mol. The number of hydrogen-bond acceptors (Lipinski definition) is 0. The third-order valence-corrected chi connectivity index (χ3v) is 4.31. The Hall–Kier alpha value is -0.500. The van der Waals surface area contributed by atoms with E-state index in [1.54, 1.807) is 0 Å². The zero-order chi connectivity index (χ0) is 13.0. The van der Waals surface area contributed by atoms with E-state index in [0.29, 0.717) is 5.88 Å². The van der Waals surface area contributed by atoms with Gasteiger partial charge in [-0.05, 0) is 35.7 Å². The smallest absolute Gasteiger partial charge is 0.0408 e. The summed E-state index contributed by atoms with van der Waals surface area (Å²) in [6.45, 7) is 0. The van der Waals surface area contributed by atoms with Gasteiger partial charge in [-0.15, -0.1) is 11.6 Å². The molecular weight excluding hydrogens is 331 g/mol. The van der Waals surface area contributed by atoms with Crippen LogP contribution in [0.25, 0.3) is 0 Å². The summed E-state index contributed by atoms with van der Waals surface area (Å²) in [6, 6.07) is 16.2. The van der Waals surface area contributed by atoms with Gasteiger partial charge in [0.15, 0.2) is 0 Å². The Bertz CT molecular complexity index is 525. The minimum atomic E-state index is 0.282. The van der Waals surface area contributed by atoms with Crippen molar-refractivity contribution in [1.82, 2.24) is 0 Å². The van der Waals surface area contributed by atoms with Gasteiger partial charge >= 0.3 is 0 Å². The van der Waals surface area contributed by atoms with Crippen molar-refractivity contribution in [1.29, 1.82) is 0 Å². The van der Waals surface area contributed by atoms with Crippen LogP contribution >= 0.6 is 39.1 Å². The van der Waals surface area contributed by atoms with Gasteiger partial charge < -0.3 is 0 Å². The van der Waals surface area contributed by atoms with Gasteiger partial charge in [0.05, 0.1) is 0 Å². The molecule has 2 aromatic rings. The second kappa shape index (κ2) is 6.60. The molecule has 0 aliphatic heterocycles. The number of hydrogen-bond donors (Lipinski definition) is 0. The van der Waals surface area contributed by atoms with E-state index in [0.717, 1.165) is 15.9 Å². The van der Waals surface area contributed by atoms with E-state index in [4.69, 9.17) is 23.2 Å². The zero-order valence-corrected chi connectivity index (χ0v) is 12.8. The third kappa shape index (κ3) is 3.50. The van der Waals surface area contributed by atoms with Crippen molar-refractivity contribution in [3.8, 4) is 0 Å². The van der Waals surface area contributed by atoms with Crippen LogP contribution in [0.3, 0.4) is 0 Å². The zero-order valence-electron chi connectivity index (χ0n) is 9.74. The number of benzene rings is 2. The van der Waals surface area contributed by atoms with Crippen molar-refractivity contribution < 1.29 is 0 Å². The molecule has 0 saturated heterocycles. The molecule has 0 radical (unpaired) electrons. The third-order valence-electron chi connectivity index (χ3n) is 2.93. The Morgan fingerprint density at radius 2 is 1.83 bits per heavy atom. The van der Waals surface area contributed by atoms with E-state index in [2.05, 4.69) is 34.1 Å². The molecule has 0 aromatic heterocycles. The van der Waals surface area contributed by atoms with Crippen LogP contribution in [-0.4, -0.2) is 5.88 Å². The fourth-order valence-electron chi connectivity index (χ4n) is 1.95. The van der Waals surface area contributed by atoms with Crippen LogP contribution in [-0.2, 0) is 6.42 Å². The fourth-order valence-corrected chi connectivity index (χ4v) is 2.88. The molecule has 3 heteroatoms. The van der Waals surface area contributed by atoms with Crippen molar-refractivity contribution >= 4 is 39.1 Å². The highest BCUT2D eigenvalue weighted by Gasteiger charge is 2.13. The molecule has 18 heavy (non-hydrogen) atoms. The van der Waals surface area contributed by atoms with Crippen LogP contribution in [0.5, 0.6) is 0 Å². The molecule has 0 bridgehead atoms. The van der Waals surface area contributed by atoms with Crippen molar-refractivity contribution in [2.75, 3.05) is 5.88 Å². The summed E-state index contributed by atoms with van der Waals surface area (Å²) in [5.74, 6) is 0.867. The molecule has 0 nitrogen and oxygen atoms in total. The monoisotopic (exact) mass is 342 g/mol. The summed E-state index contributed by atoms with van der Waals surface area (Å²) in [6.07, 6.45) is 0.908. The topological polar surface area (TPSA) is 0 Å². The normalized spacial score (nSPS) is 12.4. The van der Waals surface area contributed by atoms with Crippen LogP contribution in [0.15, 0.2) is 53.0 Å². The molecule has 94 valence electrons. The van der Waals surface area contributed by atoms with Gasteiger partial charge in [-0.2, -0.15) is 0 Å². The molecule has 0 saturated carbocycles. The molecular formula is C15H13BrCl2. The van der Waals surface area contributed by atoms with E-state index >= 15 is 0 Å². The van der Waals surface area contributed by atoms with Crippen molar-refractivity contribution in [3.05, 3.63) is 69.2 Å². The second-order valence-corrected chi connectivity index (χ2v) is 5.80. The molecule has 0 fully saturated rings. The average molecular weight is 344 g/mol. The maximum absolute atomic E-state index is 6.10. The molecule has 0 aliphatic rings. The molecule has 0 aliphatic carbocycles. The maximum Gasteiger partial charge on any atom is 0.0408 e. The molecule has 1 atom stereocenters. The molecule has 1 unspecified atom stereocenters. The van der Waals surface area contributed by atoms with Gasteiger partial charge in [0, 0.05) is 21.3 Å². The Kier molecular flexibility index (Phi) is 5.11. The number of alkyl halides is 1. The van der Waals surface area contributed by atoms with Gasteiger partial charge in [-0.3, -0.25) is 0 Å². The lowest BCUT2D eigenvalue weighted by atomic mass is 9.94. The first-order chi connectivity index (χ1) is 8.70. The van der Waals surface area contributed by atoms with Gasteiger partial charge in [0.25, 0.3) is 0 Å². The standard InChI is InChI=1S/C15H13BrCl2/c16-15-7-2-1-4-12(15)8-13(10-17)11-5-3-6-14(18)9-11/h1-7,9,13H,8,10H2. The molecule has 0 amide bonds.